The van der Waals surface area contributed by atoms with Crippen molar-refractivity contribution in [3.8, 4) is 0 Å². The Hall–Kier alpha value is -0.170. The van der Waals surface area contributed by atoms with Gasteiger partial charge in [0.2, 0.25) is 10.0 Å². The van der Waals surface area contributed by atoms with Gasteiger partial charge in [0, 0.05) is 19.1 Å². The normalized spacial score (nSPS) is 15.1. The van der Waals surface area contributed by atoms with Gasteiger partial charge in [0.1, 0.15) is 0 Å². The zero-order valence-electron chi connectivity index (χ0n) is 5.87. The molecule has 0 amide bonds. The molecule has 0 aromatic rings. The number of nitrogens with two attached hydrogens (primary N) is 2. The molecule has 0 aliphatic rings. The van der Waals surface area contributed by atoms with E-state index in [0.717, 1.165) is 6.26 Å². The molecule has 0 aliphatic carbocycles. The summed E-state index contributed by atoms with van der Waals surface area (Å²) >= 11 is 0. The average Bonchev–Trinajstić information content (AvgIpc) is 1.81. The summed E-state index contributed by atoms with van der Waals surface area (Å²) in [7, 11) is -3.11. The molecule has 0 radical (unpaired) electrons. The van der Waals surface area contributed by atoms with Crippen LogP contribution in [0.25, 0.3) is 0 Å². The quantitative estimate of drug-likeness (QED) is 0.443. The zero-order chi connectivity index (χ0) is 8.20. The van der Waals surface area contributed by atoms with Crippen LogP contribution < -0.4 is 16.2 Å². The topological polar surface area (TPSA) is 98.2 Å². The number of sulfonamides is 1. The standard InChI is InChI=1S/C4H13N3O2S/c1-10(8,9)7-3-4(6)2-5/h4,7H,2-3,5-6H2,1H3. The Morgan fingerprint density at radius 2 is 2.10 bits per heavy atom. The van der Waals surface area contributed by atoms with Crippen LogP contribution in [0.15, 0.2) is 0 Å². The highest BCUT2D eigenvalue weighted by molar-refractivity contribution is 7.88. The van der Waals surface area contributed by atoms with E-state index in [1.54, 1.807) is 0 Å². The second kappa shape index (κ2) is 3.87. The van der Waals surface area contributed by atoms with E-state index in [1.165, 1.54) is 0 Å². The van der Waals surface area contributed by atoms with Crippen LogP contribution in [0.4, 0.5) is 0 Å². The van der Waals surface area contributed by atoms with Crippen LogP contribution in [-0.4, -0.2) is 33.8 Å². The van der Waals surface area contributed by atoms with Gasteiger partial charge in [-0.05, 0) is 0 Å². The molecule has 6 heteroatoms. The summed E-state index contributed by atoms with van der Waals surface area (Å²) in [6, 6.07) is -0.297. The van der Waals surface area contributed by atoms with Crippen LogP contribution >= 0.6 is 0 Å². The minimum atomic E-state index is -3.11. The van der Waals surface area contributed by atoms with Gasteiger partial charge in [-0.3, -0.25) is 0 Å². The monoisotopic (exact) mass is 167 g/mol. The smallest absolute Gasteiger partial charge is 0.208 e. The van der Waals surface area contributed by atoms with Crippen molar-refractivity contribution in [3.05, 3.63) is 0 Å². The Morgan fingerprint density at radius 3 is 2.40 bits per heavy atom. The molecule has 0 rings (SSSR count). The van der Waals surface area contributed by atoms with Gasteiger partial charge in [0.05, 0.1) is 6.26 Å². The van der Waals surface area contributed by atoms with Gasteiger partial charge in [0.25, 0.3) is 0 Å². The fourth-order valence-electron chi connectivity index (χ4n) is 0.342. The zero-order valence-corrected chi connectivity index (χ0v) is 6.69. The van der Waals surface area contributed by atoms with Crippen molar-refractivity contribution >= 4 is 10.0 Å². The minimum Gasteiger partial charge on any atom is -0.329 e. The molecule has 0 saturated heterocycles. The maximum atomic E-state index is 10.4. The van der Waals surface area contributed by atoms with Crippen molar-refractivity contribution in [3.63, 3.8) is 0 Å². The lowest BCUT2D eigenvalue weighted by Crippen LogP contribution is -2.41. The van der Waals surface area contributed by atoms with Crippen LogP contribution in [0.3, 0.4) is 0 Å². The number of hydrogen-bond acceptors (Lipinski definition) is 4. The SMILES string of the molecule is CS(=O)(=O)NCC(N)CN. The molecular formula is C4H13N3O2S. The molecule has 10 heavy (non-hydrogen) atoms. The highest BCUT2D eigenvalue weighted by atomic mass is 32.2. The maximum absolute atomic E-state index is 10.4. The van der Waals surface area contributed by atoms with Crippen molar-refractivity contribution in [2.45, 2.75) is 6.04 Å². The van der Waals surface area contributed by atoms with Crippen LogP contribution in [0.1, 0.15) is 0 Å². The molecule has 0 bridgehead atoms. The first-order valence-corrected chi connectivity index (χ1v) is 4.75. The Labute approximate surface area is 60.8 Å². The molecule has 1 atom stereocenters. The first-order valence-electron chi connectivity index (χ1n) is 2.86. The predicted octanol–water partition coefficient (Wildman–Crippen LogP) is -2.18. The summed E-state index contributed by atoms with van der Waals surface area (Å²) in [6.45, 7) is 0.484. The third kappa shape index (κ3) is 5.96. The largest absolute Gasteiger partial charge is 0.329 e. The molecule has 0 fully saturated rings. The summed E-state index contributed by atoms with van der Waals surface area (Å²) in [5, 5.41) is 0. The Kier molecular flexibility index (Phi) is 3.80. The fourth-order valence-corrected chi connectivity index (χ4v) is 0.859. The molecule has 62 valence electrons. The van der Waals surface area contributed by atoms with E-state index < -0.39 is 10.0 Å². The molecule has 0 aromatic heterocycles. The van der Waals surface area contributed by atoms with E-state index in [0.29, 0.717) is 0 Å². The third-order valence-electron chi connectivity index (χ3n) is 0.910. The molecule has 1 unspecified atom stereocenters. The van der Waals surface area contributed by atoms with Gasteiger partial charge in [-0.1, -0.05) is 0 Å². The van der Waals surface area contributed by atoms with Crippen molar-refractivity contribution < 1.29 is 8.42 Å². The van der Waals surface area contributed by atoms with Crippen LogP contribution in [0.5, 0.6) is 0 Å². The van der Waals surface area contributed by atoms with Crippen LogP contribution in [0.2, 0.25) is 0 Å². The second-order valence-corrected chi connectivity index (χ2v) is 3.95. The van der Waals surface area contributed by atoms with E-state index in [1.807, 2.05) is 0 Å². The minimum absolute atomic E-state index is 0.204. The lowest BCUT2D eigenvalue weighted by Gasteiger charge is -2.07. The molecule has 5 nitrogen and oxygen atoms in total. The molecule has 0 heterocycles. The Bertz CT molecular complexity index is 177. The summed E-state index contributed by atoms with van der Waals surface area (Å²) < 4.78 is 23.1. The van der Waals surface area contributed by atoms with Crippen molar-refractivity contribution in [2.24, 2.45) is 11.5 Å². The van der Waals surface area contributed by atoms with Crippen molar-refractivity contribution in [1.82, 2.24) is 4.72 Å². The fraction of sp³-hybridized carbons (Fsp3) is 1.00. The first-order chi connectivity index (χ1) is 4.45. The Morgan fingerprint density at radius 1 is 1.60 bits per heavy atom. The predicted molar refractivity (Wildman–Crippen MR) is 39.9 cm³/mol. The highest BCUT2D eigenvalue weighted by Gasteiger charge is 2.03. The van der Waals surface area contributed by atoms with E-state index >= 15 is 0 Å². The van der Waals surface area contributed by atoms with Crippen molar-refractivity contribution in [1.29, 1.82) is 0 Å². The van der Waals surface area contributed by atoms with E-state index in [-0.39, 0.29) is 19.1 Å². The molecule has 0 aromatic carbocycles. The van der Waals surface area contributed by atoms with Crippen molar-refractivity contribution in [2.75, 3.05) is 19.3 Å². The number of nitrogens with one attached hydrogen (secondary N) is 1. The molecular weight excluding hydrogens is 154 g/mol. The third-order valence-corrected chi connectivity index (χ3v) is 1.60. The van der Waals surface area contributed by atoms with Gasteiger partial charge in [-0.15, -0.1) is 0 Å². The van der Waals surface area contributed by atoms with Gasteiger partial charge in [-0.25, -0.2) is 13.1 Å². The van der Waals surface area contributed by atoms with Gasteiger partial charge >= 0.3 is 0 Å². The maximum Gasteiger partial charge on any atom is 0.208 e. The second-order valence-electron chi connectivity index (χ2n) is 2.12. The highest BCUT2D eigenvalue weighted by Crippen LogP contribution is 1.75. The van der Waals surface area contributed by atoms with Gasteiger partial charge < -0.3 is 11.5 Å². The molecule has 5 N–H and O–H groups in total. The lowest BCUT2D eigenvalue weighted by molar-refractivity contribution is 0.575. The molecule has 0 spiro atoms. The summed E-state index contributed by atoms with van der Waals surface area (Å²) in [4.78, 5) is 0. The van der Waals surface area contributed by atoms with E-state index in [9.17, 15) is 8.42 Å². The number of rotatable bonds is 4. The summed E-state index contributed by atoms with van der Waals surface area (Å²) in [6.07, 6.45) is 1.08. The van der Waals surface area contributed by atoms with Crippen LogP contribution in [-0.2, 0) is 10.0 Å². The Balaban J connectivity index is 3.56. The number of hydrogen-bond donors (Lipinski definition) is 3. The average molecular weight is 167 g/mol. The van der Waals surface area contributed by atoms with Crippen LogP contribution in [0, 0.1) is 0 Å². The first kappa shape index (κ1) is 9.83. The van der Waals surface area contributed by atoms with Gasteiger partial charge in [0.15, 0.2) is 0 Å². The summed E-state index contributed by atoms with van der Waals surface area (Å²) in [5.41, 5.74) is 10.5. The lowest BCUT2D eigenvalue weighted by atomic mass is 10.3. The van der Waals surface area contributed by atoms with E-state index in [4.69, 9.17) is 11.5 Å². The van der Waals surface area contributed by atoms with E-state index in [2.05, 4.69) is 4.72 Å². The molecule has 0 saturated carbocycles. The summed E-state index contributed by atoms with van der Waals surface area (Å²) in [5.74, 6) is 0. The molecule has 0 aliphatic heterocycles. The van der Waals surface area contributed by atoms with Gasteiger partial charge in [-0.2, -0.15) is 0 Å².